The number of hydrogen-bond donors (Lipinski definition) is 1. The summed E-state index contributed by atoms with van der Waals surface area (Å²) in [5.74, 6) is 3.44. The predicted octanol–water partition coefficient (Wildman–Crippen LogP) is 1.66. The SMILES string of the molecule is C#CC1(O)CCSC(C)(C)C1. The van der Waals surface area contributed by atoms with E-state index in [0.29, 0.717) is 6.42 Å². The first kappa shape index (κ1) is 8.96. The summed E-state index contributed by atoms with van der Waals surface area (Å²) in [6, 6.07) is 0. The smallest absolute Gasteiger partial charge is 0.127 e. The quantitative estimate of drug-likeness (QED) is 0.558. The van der Waals surface area contributed by atoms with Crippen molar-refractivity contribution in [2.24, 2.45) is 0 Å². The standard InChI is InChI=1S/C9H14OS/c1-4-9(10)5-6-11-8(2,3)7-9/h1,10H,5-7H2,2-3H3. The Kier molecular flexibility index (Phi) is 2.22. The van der Waals surface area contributed by atoms with E-state index in [1.54, 1.807) is 0 Å². The summed E-state index contributed by atoms with van der Waals surface area (Å²) in [6.07, 6.45) is 6.69. The van der Waals surface area contributed by atoms with Crippen molar-refractivity contribution >= 4 is 11.8 Å². The van der Waals surface area contributed by atoms with Gasteiger partial charge in [-0.25, -0.2) is 0 Å². The van der Waals surface area contributed by atoms with Crippen LogP contribution in [-0.2, 0) is 0 Å². The molecule has 1 saturated heterocycles. The Bertz CT molecular complexity index is 192. The minimum absolute atomic E-state index is 0.138. The Hall–Kier alpha value is -0.130. The van der Waals surface area contributed by atoms with Crippen LogP contribution in [0, 0.1) is 12.3 Å². The number of aliphatic hydroxyl groups is 1. The van der Waals surface area contributed by atoms with Crippen LogP contribution in [0.5, 0.6) is 0 Å². The predicted molar refractivity (Wildman–Crippen MR) is 49.6 cm³/mol. The topological polar surface area (TPSA) is 20.2 Å². The summed E-state index contributed by atoms with van der Waals surface area (Å²) < 4.78 is 0.138. The molecule has 0 radical (unpaired) electrons. The average molecular weight is 170 g/mol. The minimum Gasteiger partial charge on any atom is -0.378 e. The second-order valence-electron chi connectivity index (χ2n) is 3.71. The molecule has 2 heteroatoms. The third kappa shape index (κ3) is 2.15. The summed E-state index contributed by atoms with van der Waals surface area (Å²) in [7, 11) is 0. The van der Waals surface area contributed by atoms with Gasteiger partial charge in [0.25, 0.3) is 0 Å². The maximum Gasteiger partial charge on any atom is 0.127 e. The first-order valence-electron chi connectivity index (χ1n) is 3.82. The van der Waals surface area contributed by atoms with E-state index < -0.39 is 5.60 Å². The highest BCUT2D eigenvalue weighted by atomic mass is 32.2. The first-order valence-corrected chi connectivity index (χ1v) is 4.80. The van der Waals surface area contributed by atoms with E-state index in [9.17, 15) is 5.11 Å². The van der Waals surface area contributed by atoms with Gasteiger partial charge in [-0.1, -0.05) is 19.8 Å². The van der Waals surface area contributed by atoms with Gasteiger partial charge in [-0.05, 0) is 12.2 Å². The van der Waals surface area contributed by atoms with Gasteiger partial charge in [-0.2, -0.15) is 11.8 Å². The summed E-state index contributed by atoms with van der Waals surface area (Å²) in [6.45, 7) is 4.25. The molecule has 1 fully saturated rings. The van der Waals surface area contributed by atoms with Gasteiger partial charge in [-0.3, -0.25) is 0 Å². The summed E-state index contributed by atoms with van der Waals surface area (Å²) in [4.78, 5) is 0. The van der Waals surface area contributed by atoms with E-state index in [1.807, 2.05) is 11.8 Å². The molecule has 0 aromatic heterocycles. The molecule has 1 rings (SSSR count). The Morgan fingerprint density at radius 1 is 1.55 bits per heavy atom. The lowest BCUT2D eigenvalue weighted by molar-refractivity contribution is 0.0760. The molecule has 1 N–H and O–H groups in total. The van der Waals surface area contributed by atoms with Crippen molar-refractivity contribution in [2.45, 2.75) is 37.0 Å². The van der Waals surface area contributed by atoms with E-state index >= 15 is 0 Å². The monoisotopic (exact) mass is 170 g/mol. The Morgan fingerprint density at radius 3 is 2.55 bits per heavy atom. The molecule has 0 bridgehead atoms. The van der Waals surface area contributed by atoms with Gasteiger partial charge in [0.1, 0.15) is 5.60 Å². The highest BCUT2D eigenvalue weighted by Gasteiger charge is 2.37. The zero-order valence-corrected chi connectivity index (χ0v) is 7.87. The van der Waals surface area contributed by atoms with Crippen LogP contribution in [0.3, 0.4) is 0 Å². The Labute approximate surface area is 72.6 Å². The molecule has 11 heavy (non-hydrogen) atoms. The van der Waals surface area contributed by atoms with E-state index in [4.69, 9.17) is 6.42 Å². The van der Waals surface area contributed by atoms with Crippen LogP contribution < -0.4 is 0 Å². The van der Waals surface area contributed by atoms with Gasteiger partial charge in [-0.15, -0.1) is 6.42 Å². The van der Waals surface area contributed by atoms with E-state index in [0.717, 1.165) is 12.2 Å². The molecule has 1 aliphatic heterocycles. The molecular weight excluding hydrogens is 156 g/mol. The van der Waals surface area contributed by atoms with Crippen molar-refractivity contribution in [3.8, 4) is 12.3 Å². The molecule has 1 aliphatic rings. The fourth-order valence-corrected chi connectivity index (χ4v) is 2.80. The van der Waals surface area contributed by atoms with Crippen molar-refractivity contribution in [3.63, 3.8) is 0 Å². The zero-order valence-electron chi connectivity index (χ0n) is 7.05. The number of terminal acetylenes is 1. The lowest BCUT2D eigenvalue weighted by Gasteiger charge is -2.37. The summed E-state index contributed by atoms with van der Waals surface area (Å²) >= 11 is 1.88. The third-order valence-electron chi connectivity index (χ3n) is 2.00. The fourth-order valence-electron chi connectivity index (χ4n) is 1.46. The van der Waals surface area contributed by atoms with Gasteiger partial charge in [0.2, 0.25) is 0 Å². The molecule has 1 unspecified atom stereocenters. The molecule has 0 amide bonds. The van der Waals surface area contributed by atoms with Crippen LogP contribution in [0.4, 0.5) is 0 Å². The molecule has 0 aliphatic carbocycles. The van der Waals surface area contributed by atoms with Gasteiger partial charge in [0.05, 0.1) is 0 Å². The van der Waals surface area contributed by atoms with Crippen LogP contribution in [0.15, 0.2) is 0 Å². The molecule has 0 aromatic carbocycles. The molecule has 0 spiro atoms. The largest absolute Gasteiger partial charge is 0.378 e. The summed E-state index contributed by atoms with van der Waals surface area (Å²) in [5, 5.41) is 9.77. The Morgan fingerprint density at radius 2 is 2.18 bits per heavy atom. The van der Waals surface area contributed by atoms with Crippen molar-refractivity contribution < 1.29 is 5.11 Å². The van der Waals surface area contributed by atoms with Crippen LogP contribution in [-0.4, -0.2) is 21.2 Å². The highest BCUT2D eigenvalue weighted by molar-refractivity contribution is 8.00. The summed E-state index contributed by atoms with van der Waals surface area (Å²) in [5.41, 5.74) is -0.839. The number of thioether (sulfide) groups is 1. The van der Waals surface area contributed by atoms with Gasteiger partial charge in [0.15, 0.2) is 0 Å². The van der Waals surface area contributed by atoms with Crippen LogP contribution in [0.25, 0.3) is 0 Å². The molecular formula is C9H14OS. The number of rotatable bonds is 0. The van der Waals surface area contributed by atoms with Crippen molar-refractivity contribution in [3.05, 3.63) is 0 Å². The van der Waals surface area contributed by atoms with Crippen LogP contribution in [0.1, 0.15) is 26.7 Å². The van der Waals surface area contributed by atoms with Crippen LogP contribution >= 0.6 is 11.8 Å². The van der Waals surface area contributed by atoms with Crippen molar-refractivity contribution in [1.82, 2.24) is 0 Å². The minimum atomic E-state index is -0.839. The zero-order chi connectivity index (χ0) is 8.54. The third-order valence-corrected chi connectivity index (χ3v) is 3.33. The first-order chi connectivity index (χ1) is 4.97. The van der Waals surface area contributed by atoms with E-state index in [-0.39, 0.29) is 4.75 Å². The molecule has 1 atom stereocenters. The fraction of sp³-hybridized carbons (Fsp3) is 0.778. The maximum absolute atomic E-state index is 9.77. The second kappa shape index (κ2) is 2.73. The maximum atomic E-state index is 9.77. The molecule has 0 aromatic rings. The van der Waals surface area contributed by atoms with Gasteiger partial charge >= 0.3 is 0 Å². The lowest BCUT2D eigenvalue weighted by atomic mass is 9.89. The van der Waals surface area contributed by atoms with Crippen molar-refractivity contribution in [1.29, 1.82) is 0 Å². The Balaban J connectivity index is 2.69. The number of hydrogen-bond acceptors (Lipinski definition) is 2. The van der Waals surface area contributed by atoms with E-state index in [2.05, 4.69) is 19.8 Å². The van der Waals surface area contributed by atoms with Gasteiger partial charge < -0.3 is 5.11 Å². The lowest BCUT2D eigenvalue weighted by Crippen LogP contribution is -2.39. The molecule has 62 valence electrons. The van der Waals surface area contributed by atoms with E-state index in [1.165, 1.54) is 0 Å². The molecule has 0 saturated carbocycles. The van der Waals surface area contributed by atoms with Gasteiger partial charge in [0, 0.05) is 11.2 Å². The van der Waals surface area contributed by atoms with Crippen molar-refractivity contribution in [2.75, 3.05) is 5.75 Å². The molecule has 1 heterocycles. The average Bonchev–Trinajstić information content (AvgIpc) is 1.85. The normalized spacial score (nSPS) is 36.2. The highest BCUT2D eigenvalue weighted by Crippen LogP contribution is 2.40. The van der Waals surface area contributed by atoms with Crippen LogP contribution in [0.2, 0.25) is 0 Å². The second-order valence-corrected chi connectivity index (χ2v) is 5.51. The molecule has 1 nitrogen and oxygen atoms in total.